The summed E-state index contributed by atoms with van der Waals surface area (Å²) in [6.07, 6.45) is 1.20. The number of hydrogen-bond donors (Lipinski definition) is 1. The SMILES string of the molecule is CCN(CC)S(=O)(=O)c1ccc(=O)n(CC(=O)Nc2ccc(-c3noc(C(C)(C)C)n3)cc2)c1. The third kappa shape index (κ3) is 5.60. The van der Waals surface area contributed by atoms with Gasteiger partial charge in [0, 0.05) is 42.0 Å². The number of hydrogen-bond acceptors (Lipinski definition) is 7. The Labute approximate surface area is 198 Å². The molecule has 2 heterocycles. The molecule has 3 aromatic rings. The molecule has 182 valence electrons. The van der Waals surface area contributed by atoms with E-state index in [-0.39, 0.29) is 16.9 Å². The van der Waals surface area contributed by atoms with Crippen LogP contribution in [0.1, 0.15) is 40.5 Å². The van der Waals surface area contributed by atoms with Crippen molar-refractivity contribution in [3.05, 3.63) is 58.8 Å². The highest BCUT2D eigenvalue weighted by Gasteiger charge is 2.23. The highest BCUT2D eigenvalue weighted by molar-refractivity contribution is 7.89. The lowest BCUT2D eigenvalue weighted by Crippen LogP contribution is -2.33. The predicted molar refractivity (Wildman–Crippen MR) is 128 cm³/mol. The number of carbonyl (C=O) groups is 1. The van der Waals surface area contributed by atoms with Crippen LogP contribution in [0.2, 0.25) is 0 Å². The van der Waals surface area contributed by atoms with Crippen molar-refractivity contribution in [2.75, 3.05) is 18.4 Å². The molecule has 0 atom stereocenters. The molecule has 3 rings (SSSR count). The van der Waals surface area contributed by atoms with Gasteiger partial charge >= 0.3 is 0 Å². The molecule has 0 radical (unpaired) electrons. The Morgan fingerprint density at radius 1 is 1.09 bits per heavy atom. The Hall–Kier alpha value is -3.31. The average Bonchev–Trinajstić information content (AvgIpc) is 3.27. The van der Waals surface area contributed by atoms with Gasteiger partial charge in [0.15, 0.2) is 0 Å². The van der Waals surface area contributed by atoms with Crippen LogP contribution >= 0.6 is 0 Å². The Bertz CT molecular complexity index is 1320. The maximum Gasteiger partial charge on any atom is 0.251 e. The summed E-state index contributed by atoms with van der Waals surface area (Å²) in [6.45, 7) is 9.67. The van der Waals surface area contributed by atoms with Crippen molar-refractivity contribution >= 4 is 21.6 Å². The van der Waals surface area contributed by atoms with Gasteiger partial charge in [0.25, 0.3) is 5.56 Å². The van der Waals surface area contributed by atoms with Crippen LogP contribution in [0.15, 0.2) is 56.8 Å². The van der Waals surface area contributed by atoms with Crippen LogP contribution in [-0.4, -0.2) is 46.4 Å². The van der Waals surface area contributed by atoms with Gasteiger partial charge in [-0.3, -0.25) is 9.59 Å². The number of aromatic nitrogens is 3. The minimum Gasteiger partial charge on any atom is -0.338 e. The monoisotopic (exact) mass is 487 g/mol. The van der Waals surface area contributed by atoms with Gasteiger partial charge in [0.05, 0.1) is 4.90 Å². The molecule has 11 heteroatoms. The summed E-state index contributed by atoms with van der Waals surface area (Å²) in [6, 6.07) is 9.27. The summed E-state index contributed by atoms with van der Waals surface area (Å²) in [5.41, 5.74) is 0.492. The van der Waals surface area contributed by atoms with Gasteiger partial charge in [0.2, 0.25) is 27.6 Å². The van der Waals surface area contributed by atoms with Gasteiger partial charge in [-0.25, -0.2) is 8.42 Å². The van der Waals surface area contributed by atoms with E-state index in [1.807, 2.05) is 20.8 Å². The van der Waals surface area contributed by atoms with Gasteiger partial charge in [0.1, 0.15) is 6.54 Å². The normalized spacial score (nSPS) is 12.2. The van der Waals surface area contributed by atoms with E-state index in [2.05, 4.69) is 15.5 Å². The molecule has 0 aliphatic heterocycles. The number of anilines is 1. The summed E-state index contributed by atoms with van der Waals surface area (Å²) in [7, 11) is -3.75. The largest absolute Gasteiger partial charge is 0.338 e. The van der Waals surface area contributed by atoms with E-state index in [4.69, 9.17) is 4.52 Å². The van der Waals surface area contributed by atoms with Crippen molar-refractivity contribution in [1.29, 1.82) is 0 Å². The Morgan fingerprint density at radius 3 is 2.29 bits per heavy atom. The number of nitrogens with zero attached hydrogens (tertiary/aromatic N) is 4. The lowest BCUT2D eigenvalue weighted by molar-refractivity contribution is -0.116. The Kier molecular flexibility index (Phi) is 7.37. The average molecular weight is 488 g/mol. The number of carbonyl (C=O) groups excluding carboxylic acids is 1. The van der Waals surface area contributed by atoms with Gasteiger partial charge in [-0.1, -0.05) is 39.8 Å². The molecular weight excluding hydrogens is 458 g/mol. The minimum atomic E-state index is -3.75. The first-order chi connectivity index (χ1) is 16.0. The van der Waals surface area contributed by atoms with E-state index in [9.17, 15) is 18.0 Å². The maximum absolute atomic E-state index is 12.7. The van der Waals surface area contributed by atoms with Crippen LogP contribution in [0.4, 0.5) is 5.69 Å². The van der Waals surface area contributed by atoms with Crippen LogP contribution in [0.3, 0.4) is 0 Å². The quantitative estimate of drug-likeness (QED) is 0.517. The van der Waals surface area contributed by atoms with Crippen LogP contribution in [-0.2, 0) is 26.8 Å². The van der Waals surface area contributed by atoms with E-state index in [1.165, 1.54) is 16.6 Å². The van der Waals surface area contributed by atoms with Gasteiger partial charge in [-0.05, 0) is 30.3 Å². The second-order valence-corrected chi connectivity index (χ2v) is 10.7. The van der Waals surface area contributed by atoms with Crippen molar-refractivity contribution in [1.82, 2.24) is 19.0 Å². The number of nitrogens with one attached hydrogen (secondary N) is 1. The van der Waals surface area contributed by atoms with Crippen LogP contribution in [0, 0.1) is 0 Å². The molecule has 0 aliphatic carbocycles. The summed E-state index contributed by atoms with van der Waals surface area (Å²) in [5.74, 6) is 0.498. The van der Waals surface area contributed by atoms with Crippen molar-refractivity contribution in [2.45, 2.75) is 51.5 Å². The molecule has 0 fully saturated rings. The highest BCUT2D eigenvalue weighted by Crippen LogP contribution is 2.24. The predicted octanol–water partition coefficient (Wildman–Crippen LogP) is 2.87. The second kappa shape index (κ2) is 9.90. The molecule has 0 unspecified atom stereocenters. The fraction of sp³-hybridized carbons (Fsp3) is 0.391. The van der Waals surface area contributed by atoms with E-state index in [0.717, 1.165) is 16.2 Å². The zero-order chi connectivity index (χ0) is 25.1. The number of benzene rings is 1. The van der Waals surface area contributed by atoms with E-state index >= 15 is 0 Å². The summed E-state index contributed by atoms with van der Waals surface area (Å²) in [5, 5.41) is 6.70. The minimum absolute atomic E-state index is 0.0392. The molecule has 1 N–H and O–H groups in total. The molecule has 34 heavy (non-hydrogen) atoms. The first-order valence-corrected chi connectivity index (χ1v) is 12.3. The third-order valence-electron chi connectivity index (χ3n) is 5.11. The lowest BCUT2D eigenvalue weighted by Gasteiger charge is -2.19. The number of sulfonamides is 1. The van der Waals surface area contributed by atoms with Crippen LogP contribution in [0.25, 0.3) is 11.4 Å². The number of pyridine rings is 1. The number of rotatable bonds is 8. The van der Waals surface area contributed by atoms with Crippen LogP contribution in [0.5, 0.6) is 0 Å². The standard InChI is InChI=1S/C23H29N5O5S/c1-6-28(7-2)34(31,32)18-12-13-20(30)27(14-18)15-19(29)24-17-10-8-16(9-11-17)21-25-22(33-26-21)23(3,4)5/h8-14H,6-7,15H2,1-5H3,(H,24,29). The zero-order valence-corrected chi connectivity index (χ0v) is 20.7. The molecule has 0 saturated carbocycles. The molecular formula is C23H29N5O5S. The van der Waals surface area contributed by atoms with Crippen LogP contribution < -0.4 is 10.9 Å². The highest BCUT2D eigenvalue weighted by atomic mass is 32.2. The van der Waals surface area contributed by atoms with E-state index < -0.39 is 21.5 Å². The second-order valence-electron chi connectivity index (χ2n) is 8.72. The molecule has 2 aromatic heterocycles. The Balaban J connectivity index is 1.72. The first kappa shape index (κ1) is 25.3. The topological polar surface area (TPSA) is 127 Å². The molecule has 0 saturated heterocycles. The molecule has 0 aliphatic rings. The van der Waals surface area contributed by atoms with Crippen molar-refractivity contribution < 1.29 is 17.7 Å². The summed E-state index contributed by atoms with van der Waals surface area (Å²) >= 11 is 0. The van der Waals surface area contributed by atoms with Gasteiger partial charge in [-0.2, -0.15) is 9.29 Å². The fourth-order valence-corrected chi connectivity index (χ4v) is 4.68. The zero-order valence-electron chi connectivity index (χ0n) is 19.9. The van der Waals surface area contributed by atoms with Crippen molar-refractivity contribution in [3.8, 4) is 11.4 Å². The molecule has 1 aromatic carbocycles. The Morgan fingerprint density at radius 2 is 1.74 bits per heavy atom. The molecule has 0 spiro atoms. The van der Waals surface area contributed by atoms with Gasteiger partial charge < -0.3 is 14.4 Å². The third-order valence-corrected chi connectivity index (χ3v) is 7.14. The maximum atomic E-state index is 12.7. The van der Waals surface area contributed by atoms with E-state index in [0.29, 0.717) is 30.5 Å². The molecule has 10 nitrogen and oxygen atoms in total. The summed E-state index contributed by atoms with van der Waals surface area (Å²) < 4.78 is 33.1. The van der Waals surface area contributed by atoms with Crippen molar-refractivity contribution in [3.63, 3.8) is 0 Å². The smallest absolute Gasteiger partial charge is 0.251 e. The first-order valence-electron chi connectivity index (χ1n) is 10.9. The fourth-order valence-electron chi connectivity index (χ4n) is 3.20. The van der Waals surface area contributed by atoms with Gasteiger partial charge in [-0.15, -0.1) is 0 Å². The summed E-state index contributed by atoms with van der Waals surface area (Å²) in [4.78, 5) is 29.1. The molecule has 1 amide bonds. The lowest BCUT2D eigenvalue weighted by atomic mass is 9.97. The molecule has 0 bridgehead atoms. The van der Waals surface area contributed by atoms with Crippen molar-refractivity contribution in [2.24, 2.45) is 0 Å². The number of amides is 1. The van der Waals surface area contributed by atoms with E-state index in [1.54, 1.807) is 38.1 Å².